The van der Waals surface area contributed by atoms with Crippen molar-refractivity contribution in [1.82, 2.24) is 0 Å². The van der Waals surface area contributed by atoms with E-state index in [0.717, 1.165) is 0 Å². The van der Waals surface area contributed by atoms with Gasteiger partial charge in [-0.15, -0.1) is 0 Å². The van der Waals surface area contributed by atoms with Gasteiger partial charge in [0.25, 0.3) is 0 Å². The number of benzene rings is 1. The first kappa shape index (κ1) is 11.4. The molecule has 0 bridgehead atoms. The highest BCUT2D eigenvalue weighted by Gasteiger charge is 2.06. The van der Waals surface area contributed by atoms with Gasteiger partial charge in [-0.1, -0.05) is 0 Å². The van der Waals surface area contributed by atoms with Crippen molar-refractivity contribution in [2.45, 2.75) is 0 Å². The summed E-state index contributed by atoms with van der Waals surface area (Å²) in [5.74, 6) is 0.342. The lowest BCUT2D eigenvalue weighted by molar-refractivity contribution is -0.113. The fourth-order valence-corrected chi connectivity index (χ4v) is 1.13. The number of thiol groups is 1. The van der Waals surface area contributed by atoms with Crippen LogP contribution >= 0.6 is 12.6 Å². The van der Waals surface area contributed by atoms with Crippen molar-refractivity contribution < 1.29 is 9.53 Å². The van der Waals surface area contributed by atoms with Crippen LogP contribution in [0.4, 0.5) is 5.69 Å². The van der Waals surface area contributed by atoms with Crippen molar-refractivity contribution in [2.24, 2.45) is 0 Å². The van der Waals surface area contributed by atoms with E-state index in [4.69, 9.17) is 10.00 Å². The minimum atomic E-state index is -0.221. The maximum Gasteiger partial charge on any atom is 0.234 e. The lowest BCUT2D eigenvalue weighted by atomic mass is 10.2. The fourth-order valence-electron chi connectivity index (χ4n) is 1.05. The van der Waals surface area contributed by atoms with E-state index in [2.05, 4.69) is 17.9 Å². The van der Waals surface area contributed by atoms with Crippen LogP contribution in [0.3, 0.4) is 0 Å². The number of methoxy groups -OCH3 is 1. The number of anilines is 1. The zero-order valence-corrected chi connectivity index (χ0v) is 9.04. The highest BCUT2D eigenvalue weighted by Crippen LogP contribution is 2.25. The van der Waals surface area contributed by atoms with Gasteiger partial charge in [-0.25, -0.2) is 0 Å². The summed E-state index contributed by atoms with van der Waals surface area (Å²) in [4.78, 5) is 11.1. The summed E-state index contributed by atoms with van der Waals surface area (Å²) in [5.41, 5.74) is 1.02. The van der Waals surface area contributed by atoms with Gasteiger partial charge in [0.1, 0.15) is 5.75 Å². The second-order valence-electron chi connectivity index (χ2n) is 2.73. The number of hydrogen-bond donors (Lipinski definition) is 2. The van der Waals surface area contributed by atoms with E-state index in [1.807, 2.05) is 6.07 Å². The number of carbonyl (C=O) groups is 1. The second kappa shape index (κ2) is 5.27. The van der Waals surface area contributed by atoms with Crippen LogP contribution < -0.4 is 10.1 Å². The molecule has 0 spiro atoms. The minimum Gasteiger partial charge on any atom is -0.495 e. The van der Waals surface area contributed by atoms with E-state index in [0.29, 0.717) is 17.0 Å². The Hall–Kier alpha value is -1.67. The molecule has 0 aliphatic heterocycles. The smallest absolute Gasteiger partial charge is 0.234 e. The highest BCUT2D eigenvalue weighted by atomic mass is 32.1. The Balaban J connectivity index is 2.98. The van der Waals surface area contributed by atoms with E-state index in [1.165, 1.54) is 7.11 Å². The summed E-state index contributed by atoms with van der Waals surface area (Å²) in [7, 11) is 1.48. The van der Waals surface area contributed by atoms with Crippen LogP contribution in [0.15, 0.2) is 18.2 Å². The molecule has 1 N–H and O–H groups in total. The molecule has 0 aliphatic rings. The van der Waals surface area contributed by atoms with Crippen molar-refractivity contribution in [1.29, 1.82) is 5.26 Å². The van der Waals surface area contributed by atoms with Gasteiger partial charge in [0.15, 0.2) is 0 Å². The molecular weight excluding hydrogens is 212 g/mol. The quantitative estimate of drug-likeness (QED) is 0.761. The minimum absolute atomic E-state index is 0.100. The molecule has 0 saturated carbocycles. The molecule has 0 saturated heterocycles. The molecule has 0 fully saturated rings. The van der Waals surface area contributed by atoms with Gasteiger partial charge in [-0.2, -0.15) is 17.9 Å². The first-order chi connectivity index (χ1) is 7.21. The lowest BCUT2D eigenvalue weighted by Crippen LogP contribution is -2.13. The van der Waals surface area contributed by atoms with Crippen molar-refractivity contribution in [3.05, 3.63) is 23.8 Å². The molecule has 0 radical (unpaired) electrons. The lowest BCUT2D eigenvalue weighted by Gasteiger charge is -2.09. The van der Waals surface area contributed by atoms with Crippen molar-refractivity contribution in [2.75, 3.05) is 18.2 Å². The molecular formula is C10H10N2O2S. The summed E-state index contributed by atoms with van der Waals surface area (Å²) in [5, 5.41) is 11.3. The summed E-state index contributed by atoms with van der Waals surface area (Å²) in [6, 6.07) is 6.78. The van der Waals surface area contributed by atoms with Gasteiger partial charge in [-0.3, -0.25) is 4.79 Å². The summed E-state index contributed by atoms with van der Waals surface area (Å²) >= 11 is 3.84. The molecule has 0 unspecified atom stereocenters. The average molecular weight is 222 g/mol. The molecule has 5 heteroatoms. The van der Waals surface area contributed by atoms with Gasteiger partial charge in [0.05, 0.1) is 30.2 Å². The van der Waals surface area contributed by atoms with Crippen LogP contribution in [-0.2, 0) is 4.79 Å². The zero-order valence-electron chi connectivity index (χ0n) is 8.15. The van der Waals surface area contributed by atoms with Gasteiger partial charge in [-0.05, 0) is 12.1 Å². The molecule has 1 aromatic carbocycles. The Morgan fingerprint density at radius 3 is 2.93 bits per heavy atom. The predicted molar refractivity (Wildman–Crippen MR) is 60.2 cm³/mol. The third-order valence-corrected chi connectivity index (χ3v) is 2.04. The first-order valence-corrected chi connectivity index (χ1v) is 4.83. The highest BCUT2D eigenvalue weighted by molar-refractivity contribution is 7.81. The van der Waals surface area contributed by atoms with Gasteiger partial charge in [0.2, 0.25) is 5.91 Å². The number of nitrogens with zero attached hydrogens (tertiary/aromatic N) is 1. The first-order valence-electron chi connectivity index (χ1n) is 4.20. The van der Waals surface area contributed by atoms with Crippen molar-refractivity contribution in [3.8, 4) is 11.8 Å². The van der Waals surface area contributed by atoms with Gasteiger partial charge >= 0.3 is 0 Å². The van der Waals surface area contributed by atoms with Gasteiger partial charge < -0.3 is 10.1 Å². The molecule has 15 heavy (non-hydrogen) atoms. The Kier molecular flexibility index (Phi) is 4.01. The SMILES string of the molecule is COc1cc(C#N)ccc1NC(=O)CS. The molecule has 1 aromatic rings. The number of nitrogens with one attached hydrogen (secondary N) is 1. The zero-order chi connectivity index (χ0) is 11.3. The monoisotopic (exact) mass is 222 g/mol. The number of ether oxygens (including phenoxy) is 1. The molecule has 0 aromatic heterocycles. The normalized spacial score (nSPS) is 9.13. The summed E-state index contributed by atoms with van der Waals surface area (Å²) in [6.07, 6.45) is 0. The third-order valence-electron chi connectivity index (χ3n) is 1.75. The van der Waals surface area contributed by atoms with Crippen LogP contribution in [-0.4, -0.2) is 18.8 Å². The number of nitriles is 1. The van der Waals surface area contributed by atoms with E-state index in [9.17, 15) is 4.79 Å². The van der Waals surface area contributed by atoms with Crippen molar-refractivity contribution in [3.63, 3.8) is 0 Å². The average Bonchev–Trinajstić information content (AvgIpc) is 2.29. The van der Waals surface area contributed by atoms with E-state index in [-0.39, 0.29) is 11.7 Å². The van der Waals surface area contributed by atoms with E-state index >= 15 is 0 Å². The summed E-state index contributed by atoms with van der Waals surface area (Å²) in [6.45, 7) is 0. The van der Waals surface area contributed by atoms with Crippen LogP contribution in [0.2, 0.25) is 0 Å². The van der Waals surface area contributed by atoms with Crippen LogP contribution in [0.1, 0.15) is 5.56 Å². The molecule has 0 atom stereocenters. The van der Waals surface area contributed by atoms with Crippen LogP contribution in [0, 0.1) is 11.3 Å². The van der Waals surface area contributed by atoms with Crippen molar-refractivity contribution >= 4 is 24.2 Å². The fraction of sp³-hybridized carbons (Fsp3) is 0.200. The Labute approximate surface area is 93.3 Å². The number of amides is 1. The maximum absolute atomic E-state index is 11.1. The molecule has 0 aliphatic carbocycles. The number of hydrogen-bond acceptors (Lipinski definition) is 4. The van der Waals surface area contributed by atoms with E-state index in [1.54, 1.807) is 18.2 Å². The summed E-state index contributed by atoms with van der Waals surface area (Å²) < 4.78 is 5.04. The standard InChI is InChI=1S/C10H10N2O2S/c1-14-9-4-7(5-11)2-3-8(9)12-10(13)6-15/h2-4,15H,6H2,1H3,(H,12,13). The predicted octanol–water partition coefficient (Wildman–Crippen LogP) is 1.44. The Morgan fingerprint density at radius 1 is 1.67 bits per heavy atom. The number of rotatable bonds is 3. The molecule has 1 amide bonds. The van der Waals surface area contributed by atoms with Crippen LogP contribution in [0.25, 0.3) is 0 Å². The molecule has 4 nitrogen and oxygen atoms in total. The Bertz CT molecular complexity index is 412. The molecule has 0 heterocycles. The largest absolute Gasteiger partial charge is 0.495 e. The molecule has 1 rings (SSSR count). The Morgan fingerprint density at radius 2 is 2.40 bits per heavy atom. The van der Waals surface area contributed by atoms with Crippen LogP contribution in [0.5, 0.6) is 5.75 Å². The van der Waals surface area contributed by atoms with E-state index < -0.39 is 0 Å². The maximum atomic E-state index is 11.1. The number of carbonyl (C=O) groups excluding carboxylic acids is 1. The molecule has 78 valence electrons. The second-order valence-corrected chi connectivity index (χ2v) is 3.05. The van der Waals surface area contributed by atoms with Gasteiger partial charge in [0, 0.05) is 6.07 Å². The topological polar surface area (TPSA) is 62.1 Å². The third kappa shape index (κ3) is 2.89.